The van der Waals surface area contributed by atoms with Gasteiger partial charge in [-0.3, -0.25) is 4.79 Å². The maximum Gasteiger partial charge on any atom is 0.303 e. The second-order valence-electron chi connectivity index (χ2n) is 4.85. The molecule has 1 atom stereocenters. The molecule has 1 aliphatic heterocycles. The molecule has 2 heterocycles. The molecule has 0 saturated carbocycles. The van der Waals surface area contributed by atoms with Crippen LogP contribution in [0, 0.1) is 0 Å². The van der Waals surface area contributed by atoms with Gasteiger partial charge in [0.15, 0.2) is 0 Å². The molecule has 1 unspecified atom stereocenters. The Morgan fingerprint density at radius 3 is 2.71 bits per heavy atom. The van der Waals surface area contributed by atoms with Crippen molar-refractivity contribution in [1.29, 1.82) is 0 Å². The number of carbonyl (C=O) groups is 1. The number of thiol groups is 1. The number of hydrogen-bond donors (Lipinski definition) is 3. The van der Waals surface area contributed by atoms with Crippen LogP contribution < -0.4 is 4.74 Å². The highest BCUT2D eigenvalue weighted by Gasteiger charge is 2.06. The van der Waals surface area contributed by atoms with Gasteiger partial charge in [0.05, 0.1) is 7.11 Å². The third-order valence-electron chi connectivity index (χ3n) is 3.25. The van der Waals surface area contributed by atoms with Gasteiger partial charge in [0.1, 0.15) is 5.75 Å². The Balaban J connectivity index is 0.000000300. The van der Waals surface area contributed by atoms with Crippen molar-refractivity contribution in [2.75, 3.05) is 12.9 Å². The predicted octanol–water partition coefficient (Wildman–Crippen LogP) is 4.77. The number of carboxylic acid groups (broad SMARTS) is 1. The van der Waals surface area contributed by atoms with E-state index >= 15 is 0 Å². The van der Waals surface area contributed by atoms with Crippen LogP contribution in [0.1, 0.15) is 25.8 Å². The topological polar surface area (TPSA) is 62.3 Å². The lowest BCUT2D eigenvalue weighted by Crippen LogP contribution is -1.96. The van der Waals surface area contributed by atoms with Gasteiger partial charge in [0, 0.05) is 34.5 Å². The van der Waals surface area contributed by atoms with Crippen molar-refractivity contribution in [3.8, 4) is 5.75 Å². The van der Waals surface area contributed by atoms with Crippen molar-refractivity contribution in [2.45, 2.75) is 31.9 Å². The van der Waals surface area contributed by atoms with Gasteiger partial charge in [0.2, 0.25) is 0 Å². The van der Waals surface area contributed by atoms with Crippen LogP contribution in [0.5, 0.6) is 5.75 Å². The highest BCUT2D eigenvalue weighted by atomic mass is 32.2. The van der Waals surface area contributed by atoms with E-state index in [-0.39, 0.29) is 6.42 Å². The average Bonchev–Trinajstić information content (AvgIpc) is 3.23. The Labute approximate surface area is 153 Å². The zero-order valence-electron chi connectivity index (χ0n) is 14.3. The molecule has 1 aliphatic rings. The van der Waals surface area contributed by atoms with Gasteiger partial charge in [-0.1, -0.05) is 19.9 Å². The van der Waals surface area contributed by atoms with Crippen molar-refractivity contribution >= 4 is 41.3 Å². The molecule has 3 rings (SSSR count). The lowest BCUT2D eigenvalue weighted by Gasteiger charge is -2.00. The van der Waals surface area contributed by atoms with Crippen molar-refractivity contribution in [3.63, 3.8) is 0 Å². The van der Waals surface area contributed by atoms with Crippen LogP contribution >= 0.6 is 24.4 Å². The summed E-state index contributed by atoms with van der Waals surface area (Å²) < 4.78 is 5.14. The molecule has 0 bridgehead atoms. The van der Waals surface area contributed by atoms with E-state index in [1.807, 2.05) is 50.0 Å². The van der Waals surface area contributed by atoms with Gasteiger partial charge in [-0.25, -0.2) is 0 Å². The minimum Gasteiger partial charge on any atom is -0.497 e. The summed E-state index contributed by atoms with van der Waals surface area (Å²) in [7, 11) is 1.62. The highest BCUT2D eigenvalue weighted by Crippen LogP contribution is 2.24. The zero-order chi connectivity index (χ0) is 17.9. The molecular formula is C18H25NO3S2. The van der Waals surface area contributed by atoms with Crippen LogP contribution in [0.15, 0.2) is 35.9 Å². The molecule has 4 nitrogen and oxygen atoms in total. The van der Waals surface area contributed by atoms with E-state index in [4.69, 9.17) is 9.84 Å². The van der Waals surface area contributed by atoms with Gasteiger partial charge >= 0.3 is 5.97 Å². The Morgan fingerprint density at radius 2 is 2.21 bits per heavy atom. The average molecular weight is 368 g/mol. The first-order valence-corrected chi connectivity index (χ1v) is 9.49. The summed E-state index contributed by atoms with van der Waals surface area (Å²) >= 11 is 6.01. The van der Waals surface area contributed by atoms with Crippen molar-refractivity contribution in [3.05, 3.63) is 41.4 Å². The van der Waals surface area contributed by atoms with Crippen molar-refractivity contribution < 1.29 is 14.6 Å². The Hall–Kier alpha value is -1.53. The summed E-state index contributed by atoms with van der Waals surface area (Å²) in [6.07, 6.45) is 4.63. The molecule has 0 radical (unpaired) electrons. The van der Waals surface area contributed by atoms with Gasteiger partial charge < -0.3 is 14.8 Å². The number of aryl methyl sites for hydroxylation is 1. The first-order chi connectivity index (χ1) is 11.6. The van der Waals surface area contributed by atoms with Crippen LogP contribution in [0.25, 0.3) is 10.9 Å². The number of benzene rings is 1. The van der Waals surface area contributed by atoms with Gasteiger partial charge in [-0.05, 0) is 35.6 Å². The fraction of sp³-hybridized carbons (Fsp3) is 0.389. The van der Waals surface area contributed by atoms with Crippen molar-refractivity contribution in [1.82, 2.24) is 4.98 Å². The third-order valence-corrected chi connectivity index (χ3v) is 4.75. The fourth-order valence-electron chi connectivity index (χ4n) is 2.09. The van der Waals surface area contributed by atoms with Gasteiger partial charge in [-0.2, -0.15) is 12.6 Å². The molecule has 2 aromatic rings. The number of nitrogens with one attached hydrogen (secondary N) is 1. The number of aromatic amines is 1. The maximum atomic E-state index is 10.5. The molecule has 1 aromatic heterocycles. The largest absolute Gasteiger partial charge is 0.497 e. The summed E-state index contributed by atoms with van der Waals surface area (Å²) in [6, 6.07) is 5.72. The Morgan fingerprint density at radius 1 is 1.46 bits per heavy atom. The van der Waals surface area contributed by atoms with Gasteiger partial charge in [0.25, 0.3) is 0 Å². The van der Waals surface area contributed by atoms with Crippen LogP contribution in [-0.2, 0) is 11.2 Å². The molecule has 6 heteroatoms. The number of thioether (sulfide) groups is 1. The van der Waals surface area contributed by atoms with E-state index in [0.29, 0.717) is 11.7 Å². The fourth-order valence-corrected chi connectivity index (χ4v) is 3.27. The number of aromatic nitrogens is 1. The van der Waals surface area contributed by atoms with Gasteiger partial charge in [-0.15, -0.1) is 11.8 Å². The molecule has 0 saturated heterocycles. The number of rotatable bonds is 4. The quantitative estimate of drug-likeness (QED) is 0.682. The summed E-state index contributed by atoms with van der Waals surface area (Å²) in [6.45, 7) is 4.00. The Kier molecular flexibility index (Phi) is 9.49. The first-order valence-electron chi connectivity index (χ1n) is 7.92. The Bertz CT molecular complexity index is 667. The van der Waals surface area contributed by atoms with Crippen molar-refractivity contribution in [2.24, 2.45) is 0 Å². The molecule has 1 aromatic carbocycles. The van der Waals surface area contributed by atoms with E-state index in [0.717, 1.165) is 28.0 Å². The lowest BCUT2D eigenvalue weighted by atomic mass is 10.1. The predicted molar refractivity (Wildman–Crippen MR) is 107 cm³/mol. The second-order valence-corrected chi connectivity index (χ2v) is 6.45. The van der Waals surface area contributed by atoms with Crippen LogP contribution in [0.3, 0.4) is 0 Å². The second kappa shape index (κ2) is 11.1. The van der Waals surface area contributed by atoms with E-state index in [1.165, 1.54) is 0 Å². The highest BCUT2D eigenvalue weighted by molar-refractivity contribution is 8.03. The van der Waals surface area contributed by atoms with E-state index in [9.17, 15) is 4.79 Å². The van der Waals surface area contributed by atoms with Crippen LogP contribution in [-0.4, -0.2) is 34.2 Å². The molecule has 0 fully saturated rings. The number of carboxylic acids is 1. The minimum atomic E-state index is -0.780. The maximum absolute atomic E-state index is 10.5. The van der Waals surface area contributed by atoms with E-state index < -0.39 is 5.97 Å². The molecule has 24 heavy (non-hydrogen) atoms. The smallest absolute Gasteiger partial charge is 0.303 e. The van der Waals surface area contributed by atoms with Crippen LogP contribution in [0.2, 0.25) is 0 Å². The summed E-state index contributed by atoms with van der Waals surface area (Å²) in [5, 5.41) is 12.3. The summed E-state index contributed by atoms with van der Waals surface area (Å²) in [4.78, 5) is 13.6. The number of H-pyrrole nitrogens is 1. The molecule has 0 amide bonds. The minimum absolute atomic E-state index is 0.143. The van der Waals surface area contributed by atoms with Crippen LogP contribution in [0.4, 0.5) is 0 Å². The summed E-state index contributed by atoms with van der Waals surface area (Å²) in [5.74, 6) is 1.16. The number of fused-ring (bicyclic) bond motifs is 1. The number of hydrogen-bond acceptors (Lipinski definition) is 4. The van der Waals surface area contributed by atoms with E-state index in [1.54, 1.807) is 7.11 Å². The molecule has 2 N–H and O–H groups in total. The zero-order valence-corrected chi connectivity index (χ0v) is 16.0. The number of ether oxygens (including phenoxy) is 1. The third kappa shape index (κ3) is 6.53. The lowest BCUT2D eigenvalue weighted by molar-refractivity contribution is -0.136. The molecule has 0 aliphatic carbocycles. The summed E-state index contributed by atoms with van der Waals surface area (Å²) in [5.41, 5.74) is 2.01. The number of aliphatic carboxylic acids is 1. The first kappa shape index (κ1) is 20.5. The molecule has 132 valence electrons. The molecular weight excluding hydrogens is 342 g/mol. The molecule has 0 spiro atoms. The SMILES string of the molecule is CC.COc1ccc2[nH]cc(CCC(=O)O)c2c1.SC1C=CSC1. The number of methoxy groups -OCH3 is 1. The standard InChI is InChI=1S/C12H13NO3.C4H6S2.C2H6/c1-16-9-3-4-11-10(6-9)8(7-13-11)2-5-12(14)15;5-4-1-2-6-3-4;1-2/h3-4,6-7,13H,2,5H2,1H3,(H,14,15);1-2,4-5H,3H2;1-2H3. The monoisotopic (exact) mass is 367 g/mol. The van der Waals surface area contributed by atoms with E-state index in [2.05, 4.69) is 29.1 Å². The normalized spacial score (nSPS) is 15.2.